The number of carbonyl (C=O) groups is 1. The summed E-state index contributed by atoms with van der Waals surface area (Å²) in [5.74, 6) is -1.58. The Kier molecular flexibility index (Phi) is 5.30. The average Bonchev–Trinajstić information content (AvgIpc) is 3.12. The lowest BCUT2D eigenvalue weighted by molar-refractivity contribution is -0.137. The van der Waals surface area contributed by atoms with Gasteiger partial charge in [-0.05, 0) is 36.6 Å². The van der Waals surface area contributed by atoms with Crippen molar-refractivity contribution in [2.24, 2.45) is 0 Å². The number of nitrogens with zero attached hydrogens (tertiary/aromatic N) is 3. The number of rotatable bonds is 4. The van der Waals surface area contributed by atoms with Crippen LogP contribution in [0, 0.1) is 12.7 Å². The molecule has 1 aliphatic heterocycles. The molecule has 3 heterocycles. The van der Waals surface area contributed by atoms with Gasteiger partial charge in [0.15, 0.2) is 11.4 Å². The Morgan fingerprint density at radius 1 is 1.35 bits per heavy atom. The third kappa shape index (κ3) is 3.81. The Bertz CT molecular complexity index is 1140. The molecule has 0 radical (unpaired) electrons. The highest BCUT2D eigenvalue weighted by Crippen LogP contribution is 2.42. The second kappa shape index (κ2) is 7.69. The Morgan fingerprint density at radius 3 is 2.81 bits per heavy atom. The molecular weight excluding hydrogens is 418 g/mol. The molecule has 0 spiro atoms. The fourth-order valence-corrected chi connectivity index (χ4v) is 4.03. The summed E-state index contributed by atoms with van der Waals surface area (Å²) in [7, 11) is 0. The van der Waals surface area contributed by atoms with Gasteiger partial charge in [-0.3, -0.25) is 4.79 Å². The van der Waals surface area contributed by atoms with Gasteiger partial charge in [0.05, 0.1) is 30.0 Å². The van der Waals surface area contributed by atoms with E-state index < -0.39 is 34.9 Å². The number of ether oxygens (including phenoxy) is 1. The molecule has 3 aromatic rings. The molecule has 1 fully saturated rings. The number of alkyl halides is 3. The van der Waals surface area contributed by atoms with Crippen LogP contribution < -0.4 is 0 Å². The summed E-state index contributed by atoms with van der Waals surface area (Å²) >= 11 is 0. The number of hydrogen-bond acceptors (Lipinski definition) is 5. The van der Waals surface area contributed by atoms with Gasteiger partial charge in [0.1, 0.15) is 5.82 Å². The summed E-state index contributed by atoms with van der Waals surface area (Å²) in [5.41, 5.74) is -1.41. The SMILES string of the molecule is Cc1cnc2c(C(=O)C[C@]3(c4ccc(C(F)(F)F)cc4F)CCOC[C@H]3O)cnn2c1. The Hall–Kier alpha value is -2.85. The van der Waals surface area contributed by atoms with Gasteiger partial charge in [0.2, 0.25) is 0 Å². The molecule has 6 nitrogen and oxygen atoms in total. The van der Waals surface area contributed by atoms with E-state index in [9.17, 15) is 27.5 Å². The number of aliphatic hydroxyl groups is 1. The number of ketones is 1. The summed E-state index contributed by atoms with van der Waals surface area (Å²) < 4.78 is 60.5. The zero-order chi connectivity index (χ0) is 22.4. The van der Waals surface area contributed by atoms with Gasteiger partial charge in [0.25, 0.3) is 0 Å². The Morgan fingerprint density at radius 2 is 2.13 bits per heavy atom. The van der Waals surface area contributed by atoms with E-state index in [1.807, 2.05) is 6.92 Å². The molecule has 2 aromatic heterocycles. The van der Waals surface area contributed by atoms with Crippen molar-refractivity contribution in [1.29, 1.82) is 0 Å². The van der Waals surface area contributed by atoms with Crippen LogP contribution >= 0.6 is 0 Å². The highest BCUT2D eigenvalue weighted by Gasteiger charge is 2.46. The van der Waals surface area contributed by atoms with Gasteiger partial charge in [-0.25, -0.2) is 13.9 Å². The van der Waals surface area contributed by atoms with Gasteiger partial charge in [-0.15, -0.1) is 0 Å². The van der Waals surface area contributed by atoms with Crippen molar-refractivity contribution < 1.29 is 32.2 Å². The highest BCUT2D eigenvalue weighted by molar-refractivity contribution is 6.02. The topological polar surface area (TPSA) is 76.7 Å². The van der Waals surface area contributed by atoms with Crippen LogP contribution in [0.15, 0.2) is 36.8 Å². The summed E-state index contributed by atoms with van der Waals surface area (Å²) in [4.78, 5) is 17.4. The van der Waals surface area contributed by atoms with E-state index in [1.165, 1.54) is 10.7 Å². The minimum absolute atomic E-state index is 0.0634. The molecule has 0 bridgehead atoms. The number of benzene rings is 1. The maximum absolute atomic E-state index is 14.9. The van der Waals surface area contributed by atoms with E-state index in [0.29, 0.717) is 11.7 Å². The van der Waals surface area contributed by atoms with Crippen molar-refractivity contribution in [1.82, 2.24) is 14.6 Å². The zero-order valence-electron chi connectivity index (χ0n) is 16.5. The molecule has 1 aliphatic rings. The number of Topliss-reactive ketones (excluding diaryl/α,β-unsaturated/α-hetero) is 1. The van der Waals surface area contributed by atoms with E-state index in [0.717, 1.165) is 17.7 Å². The highest BCUT2D eigenvalue weighted by atomic mass is 19.4. The van der Waals surface area contributed by atoms with Gasteiger partial charge in [0, 0.05) is 30.8 Å². The second-order valence-corrected chi connectivity index (χ2v) is 7.75. The maximum Gasteiger partial charge on any atom is 0.416 e. The van der Waals surface area contributed by atoms with Gasteiger partial charge in [-0.2, -0.15) is 18.3 Å². The minimum atomic E-state index is -4.71. The van der Waals surface area contributed by atoms with Crippen molar-refractivity contribution >= 4 is 11.4 Å². The van der Waals surface area contributed by atoms with E-state index in [2.05, 4.69) is 10.1 Å². The molecule has 1 aromatic carbocycles. The molecule has 4 rings (SSSR count). The lowest BCUT2D eigenvalue weighted by atomic mass is 9.68. The standard InChI is InChI=1S/C21H19F4N3O3/c1-12-8-26-19-14(9-27-28(19)10-12)17(29)7-20(4-5-31-11-18(20)30)15-3-2-13(6-16(15)22)21(23,24)25/h2-3,6,8-10,18,30H,4-5,7,11H2,1H3/t18-,20+/m1/s1. The van der Waals surface area contributed by atoms with Crippen LogP contribution in [0.1, 0.15) is 39.9 Å². The van der Waals surface area contributed by atoms with Crippen LogP contribution in [0.2, 0.25) is 0 Å². The first-order chi connectivity index (χ1) is 14.6. The molecule has 31 heavy (non-hydrogen) atoms. The minimum Gasteiger partial charge on any atom is -0.390 e. The number of carbonyl (C=O) groups excluding carboxylic acids is 1. The average molecular weight is 437 g/mol. The summed E-state index contributed by atoms with van der Waals surface area (Å²) in [6, 6.07) is 2.15. The van der Waals surface area contributed by atoms with Crippen LogP contribution in [0.4, 0.5) is 17.6 Å². The number of aromatic nitrogens is 3. The van der Waals surface area contributed by atoms with E-state index in [4.69, 9.17) is 4.74 Å². The van der Waals surface area contributed by atoms with Gasteiger partial charge in [-0.1, -0.05) is 6.07 Å². The number of hydrogen-bond donors (Lipinski definition) is 1. The number of aliphatic hydroxyl groups excluding tert-OH is 1. The van der Waals surface area contributed by atoms with Crippen molar-refractivity contribution in [2.75, 3.05) is 13.2 Å². The van der Waals surface area contributed by atoms with Crippen molar-refractivity contribution in [3.63, 3.8) is 0 Å². The maximum atomic E-state index is 14.9. The first kappa shape index (κ1) is 21.4. The lowest BCUT2D eigenvalue weighted by Crippen LogP contribution is -2.49. The van der Waals surface area contributed by atoms with Crippen LogP contribution in [0.5, 0.6) is 0 Å². The molecule has 0 unspecified atom stereocenters. The fraction of sp³-hybridized carbons (Fsp3) is 0.381. The van der Waals surface area contributed by atoms with E-state index in [-0.39, 0.29) is 37.2 Å². The molecule has 0 saturated carbocycles. The molecule has 0 aliphatic carbocycles. The van der Waals surface area contributed by atoms with Crippen molar-refractivity contribution in [3.05, 3.63) is 64.9 Å². The van der Waals surface area contributed by atoms with Crippen molar-refractivity contribution in [3.8, 4) is 0 Å². The van der Waals surface area contributed by atoms with E-state index in [1.54, 1.807) is 12.4 Å². The normalized spacial score (nSPS) is 22.1. The van der Waals surface area contributed by atoms with E-state index >= 15 is 0 Å². The van der Waals surface area contributed by atoms with Crippen LogP contribution in [-0.2, 0) is 16.3 Å². The van der Waals surface area contributed by atoms with Crippen LogP contribution in [0.25, 0.3) is 5.65 Å². The monoisotopic (exact) mass is 437 g/mol. The quantitative estimate of drug-likeness (QED) is 0.500. The van der Waals surface area contributed by atoms with Crippen LogP contribution in [-0.4, -0.2) is 44.8 Å². The number of fused-ring (bicyclic) bond motifs is 1. The fourth-order valence-electron chi connectivity index (χ4n) is 4.03. The predicted octanol–water partition coefficient (Wildman–Crippen LogP) is 3.49. The first-order valence-electron chi connectivity index (χ1n) is 9.58. The Balaban J connectivity index is 1.76. The molecule has 2 atom stereocenters. The predicted molar refractivity (Wildman–Crippen MR) is 101 cm³/mol. The summed E-state index contributed by atoms with van der Waals surface area (Å²) in [5, 5.41) is 14.8. The van der Waals surface area contributed by atoms with Crippen molar-refractivity contribution in [2.45, 2.75) is 37.5 Å². The number of aryl methyl sites for hydroxylation is 1. The molecule has 1 N–H and O–H groups in total. The third-order valence-electron chi connectivity index (χ3n) is 5.70. The van der Waals surface area contributed by atoms with Gasteiger partial charge >= 0.3 is 6.18 Å². The third-order valence-corrected chi connectivity index (χ3v) is 5.70. The molecule has 1 saturated heterocycles. The largest absolute Gasteiger partial charge is 0.416 e. The second-order valence-electron chi connectivity index (χ2n) is 7.75. The molecule has 164 valence electrons. The lowest BCUT2D eigenvalue weighted by Gasteiger charge is -2.41. The molecule has 0 amide bonds. The van der Waals surface area contributed by atoms with Crippen LogP contribution in [0.3, 0.4) is 0 Å². The smallest absolute Gasteiger partial charge is 0.390 e. The summed E-state index contributed by atoms with van der Waals surface area (Å²) in [6.07, 6.45) is -1.67. The number of halogens is 4. The van der Waals surface area contributed by atoms with Gasteiger partial charge < -0.3 is 9.84 Å². The molecule has 10 heteroatoms. The molecular formula is C21H19F4N3O3. The summed E-state index contributed by atoms with van der Waals surface area (Å²) in [6.45, 7) is 1.77. The zero-order valence-corrected chi connectivity index (χ0v) is 16.5. The Labute approximate surface area is 174 Å². The first-order valence-corrected chi connectivity index (χ1v) is 9.58.